The van der Waals surface area contributed by atoms with Gasteiger partial charge in [0.15, 0.2) is 8.32 Å². The summed E-state index contributed by atoms with van der Waals surface area (Å²) in [7, 11) is -5.42. The Morgan fingerprint density at radius 3 is 2.29 bits per heavy atom. The number of nitrogens with zero attached hydrogens (tertiary/aromatic N) is 1. The van der Waals surface area contributed by atoms with Crippen molar-refractivity contribution in [3.63, 3.8) is 0 Å². The molecule has 0 fully saturated rings. The minimum atomic E-state index is -3.43. The molecule has 0 aliphatic carbocycles. The molecule has 0 spiro atoms. The lowest BCUT2D eigenvalue weighted by atomic mass is 10.2. The summed E-state index contributed by atoms with van der Waals surface area (Å²) in [6.45, 7) is 10.9. The Labute approximate surface area is 146 Å². The van der Waals surface area contributed by atoms with Crippen molar-refractivity contribution in [2.45, 2.75) is 45.1 Å². The molecule has 134 valence electrons. The van der Waals surface area contributed by atoms with E-state index in [1.54, 1.807) is 6.20 Å². The van der Waals surface area contributed by atoms with Crippen molar-refractivity contribution in [2.75, 3.05) is 12.9 Å². The number of hydrogen-bond acceptors (Lipinski definition) is 4. The molecule has 1 aliphatic heterocycles. The molecule has 0 saturated carbocycles. The van der Waals surface area contributed by atoms with Crippen molar-refractivity contribution >= 4 is 24.1 Å². The van der Waals surface area contributed by atoms with Crippen LogP contribution in [0, 0.1) is 0 Å². The van der Waals surface area contributed by atoms with Crippen molar-refractivity contribution in [1.29, 1.82) is 0 Å². The lowest BCUT2D eigenvalue weighted by Crippen LogP contribution is -2.45. The monoisotopic (exact) mass is 369 g/mol. The van der Waals surface area contributed by atoms with Crippen molar-refractivity contribution < 1.29 is 17.6 Å². The zero-order chi connectivity index (χ0) is 18.2. The highest BCUT2D eigenvalue weighted by Crippen LogP contribution is 2.37. The molecule has 2 rings (SSSR count). The van der Waals surface area contributed by atoms with Gasteiger partial charge in [0.25, 0.3) is 0 Å². The van der Waals surface area contributed by atoms with Gasteiger partial charge in [-0.25, -0.2) is 12.7 Å². The lowest BCUT2D eigenvalue weighted by Gasteiger charge is -2.37. The van der Waals surface area contributed by atoms with Crippen LogP contribution in [0.1, 0.15) is 26.3 Å². The van der Waals surface area contributed by atoms with Crippen molar-refractivity contribution in [3.8, 4) is 0 Å². The van der Waals surface area contributed by atoms with E-state index in [2.05, 4.69) is 33.9 Å². The third kappa shape index (κ3) is 4.20. The van der Waals surface area contributed by atoms with E-state index < -0.39 is 24.6 Å². The molecule has 0 aromatic heterocycles. The lowest BCUT2D eigenvalue weighted by molar-refractivity contribution is 0.0579. The van der Waals surface area contributed by atoms with E-state index in [0.29, 0.717) is 5.76 Å². The maximum absolute atomic E-state index is 12.1. The predicted molar refractivity (Wildman–Crippen MR) is 99.1 cm³/mol. The van der Waals surface area contributed by atoms with E-state index >= 15 is 0 Å². The van der Waals surface area contributed by atoms with Gasteiger partial charge in [-0.1, -0.05) is 51.1 Å². The van der Waals surface area contributed by atoms with Gasteiger partial charge in [0.05, 0.1) is 19.1 Å². The number of rotatable bonds is 5. The summed E-state index contributed by atoms with van der Waals surface area (Å²) in [5.41, 5.74) is 0.848. The topological polar surface area (TPSA) is 55.8 Å². The maximum atomic E-state index is 12.1. The molecule has 24 heavy (non-hydrogen) atoms. The van der Waals surface area contributed by atoms with Crippen LogP contribution in [0.5, 0.6) is 0 Å². The molecule has 0 amide bonds. The van der Waals surface area contributed by atoms with Crippen LogP contribution in [0.2, 0.25) is 18.1 Å². The second kappa shape index (κ2) is 6.53. The molecule has 1 aliphatic rings. The number of benzene rings is 1. The van der Waals surface area contributed by atoms with Gasteiger partial charge < -0.3 is 9.16 Å². The van der Waals surface area contributed by atoms with E-state index in [4.69, 9.17) is 9.16 Å². The van der Waals surface area contributed by atoms with Crippen LogP contribution in [0.3, 0.4) is 0 Å². The summed E-state index contributed by atoms with van der Waals surface area (Å²) in [6, 6.07) is 9.48. The van der Waals surface area contributed by atoms with E-state index in [1.165, 1.54) is 10.6 Å². The molecular formula is C17H27NO4SSi. The summed E-state index contributed by atoms with van der Waals surface area (Å²) < 4.78 is 37.5. The Morgan fingerprint density at radius 2 is 1.79 bits per heavy atom. The molecule has 1 aromatic rings. The Balaban J connectivity index is 2.19. The summed E-state index contributed by atoms with van der Waals surface area (Å²) in [5, 5.41) is 0.0528. The summed E-state index contributed by atoms with van der Waals surface area (Å²) >= 11 is 0. The molecule has 0 bridgehead atoms. The second-order valence-corrected chi connectivity index (χ2v) is 14.3. The van der Waals surface area contributed by atoms with Gasteiger partial charge in [-0.05, 0) is 18.1 Å². The Morgan fingerprint density at radius 1 is 1.21 bits per heavy atom. The molecule has 0 N–H and O–H groups in total. The summed E-state index contributed by atoms with van der Waals surface area (Å²) in [5.74, 6) is 0.546. The summed E-state index contributed by atoms with van der Waals surface area (Å²) in [6.07, 6.45) is 2.06. The van der Waals surface area contributed by atoms with Crippen LogP contribution in [-0.4, -0.2) is 40.1 Å². The number of ether oxygens (including phenoxy) is 1. The normalized spacial score (nSPS) is 19.2. The van der Waals surface area contributed by atoms with Crippen molar-refractivity contribution in [1.82, 2.24) is 4.31 Å². The molecule has 0 unspecified atom stereocenters. The largest absolute Gasteiger partial charge is 0.465 e. The highest BCUT2D eigenvalue weighted by molar-refractivity contribution is 7.88. The molecule has 7 heteroatoms. The zero-order valence-electron chi connectivity index (χ0n) is 15.2. The molecule has 0 saturated heterocycles. The van der Waals surface area contributed by atoms with Gasteiger partial charge in [0, 0.05) is 5.56 Å². The first-order valence-corrected chi connectivity index (χ1v) is 12.7. The van der Waals surface area contributed by atoms with Gasteiger partial charge in [-0.3, -0.25) is 0 Å². The van der Waals surface area contributed by atoms with Crippen LogP contribution >= 0.6 is 0 Å². The van der Waals surface area contributed by atoms with Gasteiger partial charge in [0.1, 0.15) is 5.76 Å². The van der Waals surface area contributed by atoms with Gasteiger partial charge in [-0.15, -0.1) is 0 Å². The van der Waals surface area contributed by atoms with Crippen LogP contribution in [0.25, 0.3) is 5.76 Å². The van der Waals surface area contributed by atoms with Crippen molar-refractivity contribution in [3.05, 3.63) is 42.1 Å². The minimum Gasteiger partial charge on any atom is -0.465 e. The molecule has 1 atom stereocenters. The molecule has 0 radical (unpaired) electrons. The average Bonchev–Trinajstić information content (AvgIpc) is 2.89. The van der Waals surface area contributed by atoms with E-state index in [1.807, 2.05) is 30.3 Å². The van der Waals surface area contributed by atoms with Crippen LogP contribution < -0.4 is 0 Å². The first-order valence-electron chi connectivity index (χ1n) is 7.98. The van der Waals surface area contributed by atoms with E-state index in [0.717, 1.165) is 5.56 Å². The second-order valence-electron chi connectivity index (χ2n) is 7.60. The SMILES string of the molecule is CC(C)(C)[Si](C)(C)OC[C@H]1OC(c2ccccc2)=CN1S(C)(=O)=O. The van der Waals surface area contributed by atoms with Gasteiger partial charge in [0.2, 0.25) is 16.3 Å². The van der Waals surface area contributed by atoms with Crippen molar-refractivity contribution in [2.24, 2.45) is 0 Å². The van der Waals surface area contributed by atoms with E-state index in [9.17, 15) is 8.42 Å². The van der Waals surface area contributed by atoms with Crippen LogP contribution in [0.4, 0.5) is 0 Å². The fourth-order valence-electron chi connectivity index (χ4n) is 2.09. The molecular weight excluding hydrogens is 342 g/mol. The smallest absolute Gasteiger partial charge is 0.234 e. The van der Waals surface area contributed by atoms with Gasteiger partial charge >= 0.3 is 0 Å². The number of sulfonamides is 1. The van der Waals surface area contributed by atoms with Crippen LogP contribution in [-0.2, 0) is 19.2 Å². The Hall–Kier alpha value is -1.31. The fraction of sp³-hybridized carbons (Fsp3) is 0.529. The van der Waals surface area contributed by atoms with Gasteiger partial charge in [-0.2, -0.15) is 0 Å². The minimum absolute atomic E-state index is 0.0528. The molecule has 1 aromatic carbocycles. The highest BCUT2D eigenvalue weighted by Gasteiger charge is 2.40. The van der Waals surface area contributed by atoms with E-state index in [-0.39, 0.29) is 11.6 Å². The first-order chi connectivity index (χ1) is 10.9. The fourth-order valence-corrected chi connectivity index (χ4v) is 3.90. The Kier molecular flexibility index (Phi) is 5.18. The molecule has 1 heterocycles. The van der Waals surface area contributed by atoms with Crippen LogP contribution in [0.15, 0.2) is 36.5 Å². The third-order valence-electron chi connectivity index (χ3n) is 4.63. The average molecular weight is 370 g/mol. The molecule has 5 nitrogen and oxygen atoms in total. The third-order valence-corrected chi connectivity index (χ3v) is 10.2. The number of hydrogen-bond donors (Lipinski definition) is 0. The first kappa shape index (κ1) is 19.0. The zero-order valence-corrected chi connectivity index (χ0v) is 17.1. The highest BCUT2D eigenvalue weighted by atomic mass is 32.2. The standard InChI is InChI=1S/C17H27NO4SSi/c1-17(2,3)24(5,6)21-13-16-18(23(4,19)20)12-15(22-16)14-10-8-7-9-11-14/h7-12,16H,13H2,1-6H3/t16-/m1/s1. The Bertz CT molecular complexity index is 708. The quantitative estimate of drug-likeness (QED) is 0.744. The summed E-state index contributed by atoms with van der Waals surface area (Å²) in [4.78, 5) is 0. The maximum Gasteiger partial charge on any atom is 0.234 e. The predicted octanol–water partition coefficient (Wildman–Crippen LogP) is 3.62.